The van der Waals surface area contributed by atoms with E-state index in [0.717, 1.165) is 11.4 Å². The van der Waals surface area contributed by atoms with Crippen molar-refractivity contribution in [3.63, 3.8) is 0 Å². The summed E-state index contributed by atoms with van der Waals surface area (Å²) in [5.41, 5.74) is 2.32. The number of nitrogens with zero attached hydrogens (tertiary/aromatic N) is 4. The minimum atomic E-state index is -0.0341. The van der Waals surface area contributed by atoms with E-state index in [0.29, 0.717) is 11.1 Å². The third kappa shape index (κ3) is 2.85. The fourth-order valence-electron chi connectivity index (χ4n) is 1.68. The molecule has 1 N–H and O–H groups in total. The van der Waals surface area contributed by atoms with Gasteiger partial charge in [0, 0.05) is 18.1 Å². The summed E-state index contributed by atoms with van der Waals surface area (Å²) in [6, 6.07) is 9.02. The van der Waals surface area contributed by atoms with Gasteiger partial charge in [0.25, 0.3) is 0 Å². The Hall–Kier alpha value is -2.92. The zero-order chi connectivity index (χ0) is 13.7. The molecule has 0 amide bonds. The van der Waals surface area contributed by atoms with Crippen LogP contribution in [0.25, 0.3) is 0 Å². The van der Waals surface area contributed by atoms with E-state index in [9.17, 15) is 0 Å². The first kappa shape index (κ1) is 12.5. The number of aromatic nitrogens is 2. The van der Waals surface area contributed by atoms with Gasteiger partial charge in [0.15, 0.2) is 0 Å². The van der Waals surface area contributed by atoms with Gasteiger partial charge in [-0.3, -0.25) is 9.97 Å². The van der Waals surface area contributed by atoms with Crippen LogP contribution in [0.3, 0.4) is 0 Å². The lowest BCUT2D eigenvalue weighted by Gasteiger charge is -2.14. The van der Waals surface area contributed by atoms with Gasteiger partial charge < -0.3 is 5.32 Å². The van der Waals surface area contributed by atoms with Gasteiger partial charge in [-0.15, -0.1) is 0 Å². The first-order valence-corrected chi connectivity index (χ1v) is 5.71. The summed E-state index contributed by atoms with van der Waals surface area (Å²) in [6.45, 7) is 1.95. The maximum absolute atomic E-state index is 8.97. The van der Waals surface area contributed by atoms with E-state index in [-0.39, 0.29) is 6.04 Å². The van der Waals surface area contributed by atoms with Crippen molar-refractivity contribution in [1.29, 1.82) is 10.5 Å². The minimum Gasteiger partial charge on any atom is -0.377 e. The highest BCUT2D eigenvalue weighted by molar-refractivity contribution is 5.56. The monoisotopic (exact) mass is 249 g/mol. The molecule has 1 atom stereocenters. The van der Waals surface area contributed by atoms with Crippen LogP contribution in [0.15, 0.2) is 36.8 Å². The molecule has 1 heterocycles. The number of anilines is 1. The molecule has 1 aromatic carbocycles. The second-order valence-corrected chi connectivity index (χ2v) is 3.98. The first-order valence-electron chi connectivity index (χ1n) is 5.71. The maximum Gasteiger partial charge on any atom is 0.101 e. The predicted octanol–water partition coefficient (Wildman–Crippen LogP) is 2.39. The molecule has 19 heavy (non-hydrogen) atoms. The molecular weight excluding hydrogens is 238 g/mol. The zero-order valence-electron chi connectivity index (χ0n) is 10.3. The van der Waals surface area contributed by atoms with Crippen LogP contribution in [-0.4, -0.2) is 9.97 Å². The molecule has 1 unspecified atom stereocenters. The lowest BCUT2D eigenvalue weighted by Crippen LogP contribution is -2.08. The summed E-state index contributed by atoms with van der Waals surface area (Å²) in [6.07, 6.45) is 4.94. The highest BCUT2D eigenvalue weighted by Gasteiger charge is 2.08. The summed E-state index contributed by atoms with van der Waals surface area (Å²) in [5, 5.41) is 21.1. The number of benzene rings is 1. The molecular formula is C14H11N5. The summed E-state index contributed by atoms with van der Waals surface area (Å²) < 4.78 is 0. The lowest BCUT2D eigenvalue weighted by molar-refractivity contribution is 0.827. The number of rotatable bonds is 3. The molecule has 0 saturated heterocycles. The molecule has 5 heteroatoms. The van der Waals surface area contributed by atoms with Crippen molar-refractivity contribution in [2.24, 2.45) is 0 Å². The quantitative estimate of drug-likeness (QED) is 0.902. The molecule has 92 valence electrons. The van der Waals surface area contributed by atoms with Gasteiger partial charge in [0.05, 0.1) is 29.1 Å². The molecule has 0 aliphatic carbocycles. The van der Waals surface area contributed by atoms with Gasteiger partial charge >= 0.3 is 0 Å². The molecule has 0 radical (unpaired) electrons. The van der Waals surface area contributed by atoms with Crippen molar-refractivity contribution in [2.75, 3.05) is 5.32 Å². The third-order valence-corrected chi connectivity index (χ3v) is 2.67. The van der Waals surface area contributed by atoms with Crippen molar-refractivity contribution in [1.82, 2.24) is 9.97 Å². The standard InChI is InChI=1S/C14H11N5/c1-10(14-9-17-4-5-18-14)19-13-3-2-11(7-15)12(6-13)8-16/h2-6,9-10,19H,1H3. The van der Waals surface area contributed by atoms with Gasteiger partial charge in [-0.1, -0.05) is 0 Å². The van der Waals surface area contributed by atoms with Gasteiger partial charge in [-0.05, 0) is 25.1 Å². The molecule has 0 fully saturated rings. The molecule has 1 aromatic heterocycles. The summed E-state index contributed by atoms with van der Waals surface area (Å²) >= 11 is 0. The predicted molar refractivity (Wildman–Crippen MR) is 69.9 cm³/mol. The van der Waals surface area contributed by atoms with Crippen molar-refractivity contribution in [3.8, 4) is 12.1 Å². The van der Waals surface area contributed by atoms with Crippen LogP contribution in [0.4, 0.5) is 5.69 Å². The highest BCUT2D eigenvalue weighted by Crippen LogP contribution is 2.19. The molecule has 5 nitrogen and oxygen atoms in total. The van der Waals surface area contributed by atoms with Crippen LogP contribution in [-0.2, 0) is 0 Å². The summed E-state index contributed by atoms with van der Waals surface area (Å²) in [5.74, 6) is 0. The van der Waals surface area contributed by atoms with E-state index in [1.165, 1.54) is 0 Å². The van der Waals surface area contributed by atoms with Crippen molar-refractivity contribution in [3.05, 3.63) is 53.6 Å². The Kier molecular flexibility index (Phi) is 3.70. The molecule has 0 aliphatic rings. The average Bonchev–Trinajstić information content (AvgIpc) is 2.48. The Morgan fingerprint density at radius 2 is 1.95 bits per heavy atom. The van der Waals surface area contributed by atoms with E-state index in [1.54, 1.807) is 36.8 Å². The van der Waals surface area contributed by atoms with E-state index in [4.69, 9.17) is 10.5 Å². The Balaban J connectivity index is 2.21. The fourth-order valence-corrected chi connectivity index (χ4v) is 1.68. The second-order valence-electron chi connectivity index (χ2n) is 3.98. The summed E-state index contributed by atoms with van der Waals surface area (Å²) in [7, 11) is 0. The lowest BCUT2D eigenvalue weighted by atomic mass is 10.1. The number of nitriles is 2. The summed E-state index contributed by atoms with van der Waals surface area (Å²) in [4.78, 5) is 8.22. The van der Waals surface area contributed by atoms with E-state index < -0.39 is 0 Å². The van der Waals surface area contributed by atoms with Crippen LogP contribution >= 0.6 is 0 Å². The van der Waals surface area contributed by atoms with E-state index >= 15 is 0 Å². The largest absolute Gasteiger partial charge is 0.377 e. The van der Waals surface area contributed by atoms with Crippen LogP contribution in [0, 0.1) is 22.7 Å². The Morgan fingerprint density at radius 3 is 2.58 bits per heavy atom. The number of hydrogen-bond acceptors (Lipinski definition) is 5. The molecule has 2 rings (SSSR count). The third-order valence-electron chi connectivity index (χ3n) is 2.67. The van der Waals surface area contributed by atoms with Crippen LogP contribution in [0.5, 0.6) is 0 Å². The Bertz CT molecular complexity index is 652. The van der Waals surface area contributed by atoms with Gasteiger partial charge in [0.2, 0.25) is 0 Å². The topological polar surface area (TPSA) is 85.4 Å². The van der Waals surface area contributed by atoms with Crippen LogP contribution in [0.2, 0.25) is 0 Å². The molecule has 0 bridgehead atoms. The number of nitrogens with one attached hydrogen (secondary N) is 1. The highest BCUT2D eigenvalue weighted by atomic mass is 14.9. The fraction of sp³-hybridized carbons (Fsp3) is 0.143. The SMILES string of the molecule is CC(Nc1ccc(C#N)c(C#N)c1)c1cnccn1. The van der Waals surface area contributed by atoms with E-state index in [2.05, 4.69) is 15.3 Å². The molecule has 2 aromatic rings. The van der Waals surface area contributed by atoms with Gasteiger partial charge in [-0.25, -0.2) is 0 Å². The van der Waals surface area contributed by atoms with Crippen molar-refractivity contribution < 1.29 is 0 Å². The van der Waals surface area contributed by atoms with Gasteiger partial charge in [-0.2, -0.15) is 10.5 Å². The molecule has 0 saturated carbocycles. The normalized spacial score (nSPS) is 11.1. The second kappa shape index (κ2) is 5.61. The van der Waals surface area contributed by atoms with Gasteiger partial charge in [0.1, 0.15) is 12.1 Å². The van der Waals surface area contributed by atoms with E-state index in [1.807, 2.05) is 19.1 Å². The average molecular weight is 249 g/mol. The Morgan fingerprint density at radius 1 is 1.16 bits per heavy atom. The Labute approximate surface area is 111 Å². The van der Waals surface area contributed by atoms with Crippen molar-refractivity contribution >= 4 is 5.69 Å². The number of hydrogen-bond donors (Lipinski definition) is 1. The zero-order valence-corrected chi connectivity index (χ0v) is 10.3. The molecule has 0 aliphatic heterocycles. The maximum atomic E-state index is 8.97. The first-order chi connectivity index (χ1) is 9.24. The minimum absolute atomic E-state index is 0.0341. The van der Waals surface area contributed by atoms with Crippen LogP contribution in [0.1, 0.15) is 29.8 Å². The molecule has 0 spiro atoms. The smallest absolute Gasteiger partial charge is 0.101 e. The van der Waals surface area contributed by atoms with Crippen molar-refractivity contribution in [2.45, 2.75) is 13.0 Å². The van der Waals surface area contributed by atoms with Crippen LogP contribution < -0.4 is 5.32 Å².